The van der Waals surface area contributed by atoms with Crippen LogP contribution in [0.4, 0.5) is 5.69 Å². The molecule has 2 amide bonds. The van der Waals surface area contributed by atoms with Crippen molar-refractivity contribution in [1.29, 1.82) is 0 Å². The first-order chi connectivity index (χ1) is 16.3. The maximum Gasteiger partial charge on any atom is 0.310 e. The molecule has 8 nitrogen and oxygen atoms in total. The van der Waals surface area contributed by atoms with Crippen molar-refractivity contribution in [3.8, 4) is 0 Å². The molecule has 0 aromatic heterocycles. The second-order valence-corrected chi connectivity index (χ2v) is 10.2. The highest BCUT2D eigenvalue weighted by Gasteiger charge is 2.76. The van der Waals surface area contributed by atoms with Crippen molar-refractivity contribution in [3.05, 3.63) is 55.1 Å². The Morgan fingerprint density at radius 2 is 2.00 bits per heavy atom. The summed E-state index contributed by atoms with van der Waals surface area (Å²) in [5.41, 5.74) is -0.640. The number of nitrogens with zero attached hydrogens (tertiary/aromatic N) is 2. The van der Waals surface area contributed by atoms with E-state index in [-0.39, 0.29) is 30.4 Å². The van der Waals surface area contributed by atoms with Gasteiger partial charge in [0.25, 0.3) is 5.91 Å². The molecule has 3 aliphatic heterocycles. The summed E-state index contributed by atoms with van der Waals surface area (Å²) in [6, 6.07) is 12.4. The number of likely N-dealkylation sites (tertiary alicyclic amines) is 1. The summed E-state index contributed by atoms with van der Waals surface area (Å²) >= 11 is 3.52. The zero-order valence-electron chi connectivity index (χ0n) is 18.3. The Balaban J connectivity index is 1.60. The Morgan fingerprint density at radius 3 is 2.68 bits per heavy atom. The third kappa shape index (κ3) is 3.21. The van der Waals surface area contributed by atoms with Crippen LogP contribution in [0, 0.1) is 11.8 Å². The molecule has 9 heteroatoms. The Kier molecular flexibility index (Phi) is 5.74. The quantitative estimate of drug-likeness (QED) is 0.421. The molecule has 0 saturated carbocycles. The number of β-amino-alcohol motifs (C(OH)–C–C–N with tert-alkyl or cyclic N) is 1. The number of aliphatic hydroxyl groups excluding tert-OH is 1. The summed E-state index contributed by atoms with van der Waals surface area (Å²) in [5.74, 6) is -4.00. The van der Waals surface area contributed by atoms with Gasteiger partial charge in [-0.2, -0.15) is 0 Å². The summed E-state index contributed by atoms with van der Waals surface area (Å²) in [6.07, 6.45) is 1.23. The van der Waals surface area contributed by atoms with Crippen LogP contribution in [0.5, 0.6) is 0 Å². The van der Waals surface area contributed by atoms with Gasteiger partial charge in [0.2, 0.25) is 5.91 Å². The highest BCUT2D eigenvalue weighted by Crippen LogP contribution is 2.60. The standard InChI is InChI=1S/C25H25BrN2O6/c1-2-9-27(16-8-7-14-5-3-4-6-15(14)12-16)23(31)21-25-13-17(26)20(34-25)18(24(32)33)19(25)22(30)28(21)10-11-29/h2-8,12,17-21,29H,1,9-11,13H2,(H,32,33)/t17?,18-,19+,20-,21-,25+/m0/s1. The van der Waals surface area contributed by atoms with E-state index in [2.05, 4.69) is 22.5 Å². The number of rotatable bonds is 7. The molecular formula is C25H25BrN2O6. The van der Waals surface area contributed by atoms with Crippen LogP contribution < -0.4 is 4.90 Å². The molecule has 0 radical (unpaired) electrons. The normalized spacial score (nSPS) is 31.6. The zero-order valence-corrected chi connectivity index (χ0v) is 19.9. The van der Waals surface area contributed by atoms with E-state index >= 15 is 0 Å². The van der Waals surface area contributed by atoms with E-state index in [1.54, 1.807) is 11.0 Å². The predicted molar refractivity (Wildman–Crippen MR) is 129 cm³/mol. The number of aliphatic carboxylic acids is 1. The van der Waals surface area contributed by atoms with Gasteiger partial charge in [-0.3, -0.25) is 14.4 Å². The molecule has 2 N–H and O–H groups in total. The third-order valence-corrected chi connectivity index (χ3v) is 8.12. The highest BCUT2D eigenvalue weighted by atomic mass is 79.9. The number of hydrogen-bond donors (Lipinski definition) is 2. The molecule has 2 bridgehead atoms. The number of fused-ring (bicyclic) bond motifs is 2. The van der Waals surface area contributed by atoms with E-state index in [9.17, 15) is 24.6 Å². The van der Waals surface area contributed by atoms with Gasteiger partial charge in [0.15, 0.2) is 0 Å². The van der Waals surface area contributed by atoms with E-state index in [1.807, 2.05) is 42.5 Å². The van der Waals surface area contributed by atoms with Crippen LogP contribution in [0.3, 0.4) is 0 Å². The first kappa shape index (κ1) is 23.0. The molecule has 3 heterocycles. The lowest BCUT2D eigenvalue weighted by Crippen LogP contribution is -2.57. The summed E-state index contributed by atoms with van der Waals surface area (Å²) in [7, 11) is 0. The summed E-state index contributed by atoms with van der Waals surface area (Å²) in [6.45, 7) is 3.55. The number of benzene rings is 2. The topological polar surface area (TPSA) is 107 Å². The monoisotopic (exact) mass is 528 g/mol. The van der Waals surface area contributed by atoms with Crippen molar-refractivity contribution in [1.82, 2.24) is 4.90 Å². The van der Waals surface area contributed by atoms with E-state index in [4.69, 9.17) is 4.74 Å². The molecule has 1 unspecified atom stereocenters. The van der Waals surface area contributed by atoms with Crippen molar-refractivity contribution >= 4 is 50.2 Å². The molecule has 1 spiro atoms. The Labute approximate surface area is 204 Å². The van der Waals surface area contributed by atoms with E-state index in [0.717, 1.165) is 10.8 Å². The lowest BCUT2D eigenvalue weighted by molar-refractivity contribution is -0.149. The van der Waals surface area contributed by atoms with Gasteiger partial charge >= 0.3 is 5.97 Å². The zero-order chi connectivity index (χ0) is 24.2. The molecule has 2 aromatic carbocycles. The lowest BCUT2D eigenvalue weighted by atomic mass is 9.70. The number of carboxylic acids is 1. The number of aliphatic hydroxyl groups is 1. The molecule has 5 rings (SSSR count). The number of carbonyl (C=O) groups is 3. The number of carboxylic acid groups (broad SMARTS) is 1. The second-order valence-electron chi connectivity index (χ2n) is 9.03. The van der Waals surface area contributed by atoms with Gasteiger partial charge in [0, 0.05) is 23.6 Å². The van der Waals surface area contributed by atoms with Crippen LogP contribution in [-0.2, 0) is 19.1 Å². The minimum Gasteiger partial charge on any atom is -0.481 e. The Hall–Kier alpha value is -2.75. The van der Waals surface area contributed by atoms with Gasteiger partial charge in [0.05, 0.1) is 24.5 Å². The molecule has 6 atom stereocenters. The fourth-order valence-corrected chi connectivity index (χ4v) is 6.93. The van der Waals surface area contributed by atoms with Gasteiger partial charge in [-0.15, -0.1) is 6.58 Å². The first-order valence-corrected chi connectivity index (χ1v) is 12.1. The van der Waals surface area contributed by atoms with Gasteiger partial charge in [-0.1, -0.05) is 52.3 Å². The number of hydrogen-bond acceptors (Lipinski definition) is 5. The third-order valence-electron chi connectivity index (χ3n) is 7.27. The van der Waals surface area contributed by atoms with Crippen LogP contribution in [0.2, 0.25) is 0 Å². The molecule has 3 saturated heterocycles. The predicted octanol–water partition coefficient (Wildman–Crippen LogP) is 2.18. The van der Waals surface area contributed by atoms with Crippen LogP contribution in [0.25, 0.3) is 10.8 Å². The average molecular weight is 529 g/mol. The van der Waals surface area contributed by atoms with Crippen LogP contribution in [-0.4, -0.2) is 75.2 Å². The lowest BCUT2D eigenvalue weighted by Gasteiger charge is -2.37. The molecule has 0 aliphatic carbocycles. The van der Waals surface area contributed by atoms with Crippen molar-refractivity contribution in [2.75, 3.05) is 24.6 Å². The molecule has 178 valence electrons. The van der Waals surface area contributed by atoms with Crippen molar-refractivity contribution in [2.45, 2.75) is 29.0 Å². The number of halogens is 1. The maximum absolute atomic E-state index is 14.2. The average Bonchev–Trinajstić information content (AvgIpc) is 3.41. The minimum absolute atomic E-state index is 0.0829. The van der Waals surface area contributed by atoms with Crippen LogP contribution in [0.15, 0.2) is 55.1 Å². The Bertz CT molecular complexity index is 1190. The van der Waals surface area contributed by atoms with E-state index in [1.165, 1.54) is 4.90 Å². The summed E-state index contributed by atoms with van der Waals surface area (Å²) in [4.78, 5) is 42.3. The second kappa shape index (κ2) is 8.48. The van der Waals surface area contributed by atoms with Crippen molar-refractivity contribution < 1.29 is 29.3 Å². The van der Waals surface area contributed by atoms with Gasteiger partial charge in [-0.05, 0) is 29.3 Å². The van der Waals surface area contributed by atoms with Gasteiger partial charge in [0.1, 0.15) is 11.6 Å². The number of ether oxygens (including phenoxy) is 1. The highest BCUT2D eigenvalue weighted by molar-refractivity contribution is 9.09. The molecule has 2 aromatic rings. The van der Waals surface area contributed by atoms with Gasteiger partial charge < -0.3 is 24.7 Å². The molecule has 3 fully saturated rings. The molecule has 34 heavy (non-hydrogen) atoms. The summed E-state index contributed by atoms with van der Waals surface area (Å²) < 4.78 is 6.24. The van der Waals surface area contributed by atoms with Crippen molar-refractivity contribution in [3.63, 3.8) is 0 Å². The smallest absolute Gasteiger partial charge is 0.310 e. The number of anilines is 1. The SMILES string of the molecule is C=CCN(C(=O)[C@@H]1N(CCO)C(=O)[C@H]2[C@H](C(=O)O)[C@H]3O[C@@]12CC3Br)c1ccc2ccccc2c1. The van der Waals surface area contributed by atoms with E-state index < -0.39 is 41.5 Å². The summed E-state index contributed by atoms with van der Waals surface area (Å²) in [5, 5.41) is 21.6. The minimum atomic E-state index is -1.28. The maximum atomic E-state index is 14.2. The van der Waals surface area contributed by atoms with E-state index in [0.29, 0.717) is 12.1 Å². The molecule has 3 aliphatic rings. The van der Waals surface area contributed by atoms with Gasteiger partial charge in [-0.25, -0.2) is 0 Å². The van der Waals surface area contributed by atoms with Crippen LogP contribution in [0.1, 0.15) is 6.42 Å². The number of amides is 2. The number of carbonyl (C=O) groups excluding carboxylic acids is 2. The van der Waals surface area contributed by atoms with Crippen LogP contribution >= 0.6 is 15.9 Å². The fraction of sp³-hybridized carbons (Fsp3) is 0.400. The molecular weight excluding hydrogens is 504 g/mol. The first-order valence-electron chi connectivity index (χ1n) is 11.2. The fourth-order valence-electron chi connectivity index (χ4n) is 5.98. The number of alkyl halides is 1. The van der Waals surface area contributed by atoms with Crippen molar-refractivity contribution in [2.24, 2.45) is 11.8 Å². The Morgan fingerprint density at radius 1 is 1.26 bits per heavy atom. The largest absolute Gasteiger partial charge is 0.481 e.